The Kier molecular flexibility index (Phi) is 4.94. The topological polar surface area (TPSA) is 76.7 Å². The largest absolute Gasteiger partial charge is 0.322 e. The molecule has 1 amide bonds. The van der Waals surface area contributed by atoms with Crippen molar-refractivity contribution < 1.29 is 4.79 Å². The monoisotopic (exact) mass is 451 g/mol. The Morgan fingerprint density at radius 1 is 1.10 bits per heavy atom. The Morgan fingerprint density at radius 2 is 1.81 bits per heavy atom. The smallest absolute Gasteiger partial charge is 0.256 e. The lowest BCUT2D eigenvalue weighted by molar-refractivity contribution is 0.102. The van der Waals surface area contributed by atoms with Gasteiger partial charge in [-0.25, -0.2) is 0 Å². The predicted octanol–water partition coefficient (Wildman–Crippen LogP) is 4.05. The number of rotatable bonds is 2. The Hall–Kier alpha value is -1.90. The lowest BCUT2D eigenvalue weighted by Crippen LogP contribution is -2.13. The molecule has 0 aromatic heterocycles. The van der Waals surface area contributed by atoms with E-state index in [1.54, 1.807) is 18.2 Å². The molecule has 0 heterocycles. The molecule has 2 aromatic rings. The summed E-state index contributed by atoms with van der Waals surface area (Å²) in [6.07, 6.45) is 0. The van der Waals surface area contributed by atoms with Gasteiger partial charge >= 0.3 is 0 Å². The second-order valence-electron chi connectivity index (χ2n) is 4.06. The van der Waals surface area contributed by atoms with Crippen LogP contribution in [0.5, 0.6) is 0 Å². The van der Waals surface area contributed by atoms with Crippen molar-refractivity contribution >= 4 is 50.1 Å². The van der Waals surface area contributed by atoms with E-state index < -0.39 is 0 Å². The SMILES string of the molecule is N#Cc1ccc(NC(=O)c2cc(I)ccc2Br)cc1C#N. The zero-order valence-corrected chi connectivity index (χ0v) is 14.3. The number of carbonyl (C=O) groups excluding carboxylic acids is 1. The summed E-state index contributed by atoms with van der Waals surface area (Å²) in [6.45, 7) is 0. The van der Waals surface area contributed by atoms with Crippen LogP contribution in [-0.2, 0) is 0 Å². The first-order chi connectivity index (χ1) is 10.0. The van der Waals surface area contributed by atoms with Crippen LogP contribution in [0.4, 0.5) is 5.69 Å². The Labute approximate surface area is 143 Å². The number of nitriles is 2. The molecular formula is C15H7BrIN3O. The van der Waals surface area contributed by atoms with Crippen LogP contribution in [0.3, 0.4) is 0 Å². The molecule has 0 spiro atoms. The molecule has 4 nitrogen and oxygen atoms in total. The normalized spacial score (nSPS) is 9.52. The first-order valence-electron chi connectivity index (χ1n) is 5.76. The molecule has 0 aliphatic heterocycles. The molecule has 2 aromatic carbocycles. The highest BCUT2D eigenvalue weighted by Crippen LogP contribution is 2.21. The van der Waals surface area contributed by atoms with Crippen LogP contribution in [0.15, 0.2) is 40.9 Å². The quantitative estimate of drug-likeness (QED) is 0.699. The number of hydrogen-bond donors (Lipinski definition) is 1. The summed E-state index contributed by atoms with van der Waals surface area (Å²) in [5, 5.41) is 20.6. The molecule has 6 heteroatoms. The maximum atomic E-state index is 12.2. The van der Waals surface area contributed by atoms with E-state index >= 15 is 0 Å². The number of nitrogens with one attached hydrogen (secondary N) is 1. The molecule has 0 aliphatic carbocycles. The standard InChI is InChI=1S/C15H7BrIN3O/c16-14-4-2-11(17)6-13(14)15(21)20-12-3-1-9(7-18)10(5-12)8-19/h1-6H,(H,20,21). The number of benzene rings is 2. The third kappa shape index (κ3) is 3.60. The second-order valence-corrected chi connectivity index (χ2v) is 6.16. The maximum Gasteiger partial charge on any atom is 0.256 e. The van der Waals surface area contributed by atoms with Gasteiger partial charge in [0.15, 0.2) is 0 Å². The summed E-state index contributed by atoms with van der Waals surface area (Å²) < 4.78 is 1.63. The van der Waals surface area contributed by atoms with Crippen molar-refractivity contribution in [3.05, 3.63) is 61.1 Å². The van der Waals surface area contributed by atoms with Gasteiger partial charge in [0, 0.05) is 13.7 Å². The van der Waals surface area contributed by atoms with Gasteiger partial charge in [-0.1, -0.05) is 0 Å². The van der Waals surface area contributed by atoms with Gasteiger partial charge in [0.25, 0.3) is 5.91 Å². The summed E-state index contributed by atoms with van der Waals surface area (Å²) in [5.74, 6) is -0.283. The molecule has 0 unspecified atom stereocenters. The summed E-state index contributed by atoms with van der Waals surface area (Å²) >= 11 is 5.46. The van der Waals surface area contributed by atoms with E-state index in [9.17, 15) is 4.79 Å². The van der Waals surface area contributed by atoms with E-state index in [4.69, 9.17) is 10.5 Å². The predicted molar refractivity (Wildman–Crippen MR) is 90.7 cm³/mol. The number of amides is 1. The third-order valence-electron chi connectivity index (χ3n) is 2.69. The van der Waals surface area contributed by atoms with Crippen molar-refractivity contribution in [3.63, 3.8) is 0 Å². The molecular weight excluding hydrogens is 445 g/mol. The molecule has 0 bridgehead atoms. The van der Waals surface area contributed by atoms with Gasteiger partial charge in [-0.15, -0.1) is 0 Å². The first-order valence-corrected chi connectivity index (χ1v) is 7.63. The summed E-state index contributed by atoms with van der Waals surface area (Å²) in [6, 6.07) is 13.9. The first kappa shape index (κ1) is 15.5. The van der Waals surface area contributed by atoms with E-state index in [0.717, 1.165) is 3.57 Å². The average Bonchev–Trinajstić information content (AvgIpc) is 2.49. The highest BCUT2D eigenvalue weighted by Gasteiger charge is 2.12. The molecule has 1 N–H and O–H groups in total. The number of halogens is 2. The van der Waals surface area contributed by atoms with E-state index in [0.29, 0.717) is 15.7 Å². The van der Waals surface area contributed by atoms with Crippen molar-refractivity contribution in [1.82, 2.24) is 0 Å². The Bertz CT molecular complexity index is 806. The molecule has 0 atom stereocenters. The number of carbonyl (C=O) groups is 1. The fraction of sp³-hybridized carbons (Fsp3) is 0. The maximum absolute atomic E-state index is 12.2. The van der Waals surface area contributed by atoms with Crippen LogP contribution in [-0.4, -0.2) is 5.91 Å². The van der Waals surface area contributed by atoms with Crippen molar-refractivity contribution in [1.29, 1.82) is 10.5 Å². The minimum Gasteiger partial charge on any atom is -0.322 e. The average molecular weight is 452 g/mol. The van der Waals surface area contributed by atoms with Gasteiger partial charge < -0.3 is 5.32 Å². The van der Waals surface area contributed by atoms with Gasteiger partial charge in [0.05, 0.1) is 16.7 Å². The number of anilines is 1. The minimum absolute atomic E-state index is 0.233. The van der Waals surface area contributed by atoms with E-state index in [-0.39, 0.29) is 17.0 Å². The van der Waals surface area contributed by atoms with Gasteiger partial charge in [-0.3, -0.25) is 4.79 Å². The molecule has 0 radical (unpaired) electrons. The molecule has 21 heavy (non-hydrogen) atoms. The molecule has 0 fully saturated rings. The Morgan fingerprint density at radius 3 is 2.48 bits per heavy atom. The van der Waals surface area contributed by atoms with Crippen LogP contribution < -0.4 is 5.32 Å². The van der Waals surface area contributed by atoms with Gasteiger partial charge in [-0.05, 0) is 74.9 Å². The van der Waals surface area contributed by atoms with Gasteiger partial charge in [-0.2, -0.15) is 10.5 Å². The highest BCUT2D eigenvalue weighted by molar-refractivity contribution is 14.1. The van der Waals surface area contributed by atoms with Crippen molar-refractivity contribution in [2.75, 3.05) is 5.32 Å². The van der Waals surface area contributed by atoms with Crippen LogP contribution in [0, 0.1) is 26.2 Å². The van der Waals surface area contributed by atoms with E-state index in [2.05, 4.69) is 43.8 Å². The summed E-state index contributed by atoms with van der Waals surface area (Å²) in [5.41, 5.74) is 1.49. The number of hydrogen-bond acceptors (Lipinski definition) is 3. The van der Waals surface area contributed by atoms with Crippen LogP contribution >= 0.6 is 38.5 Å². The van der Waals surface area contributed by atoms with Crippen molar-refractivity contribution in [3.8, 4) is 12.1 Å². The van der Waals surface area contributed by atoms with Crippen molar-refractivity contribution in [2.45, 2.75) is 0 Å². The lowest BCUT2D eigenvalue weighted by atomic mass is 10.1. The molecule has 102 valence electrons. The van der Waals surface area contributed by atoms with Gasteiger partial charge in [0.1, 0.15) is 12.1 Å². The fourth-order valence-electron chi connectivity index (χ4n) is 1.68. The summed E-state index contributed by atoms with van der Waals surface area (Å²) in [4.78, 5) is 12.2. The Balaban J connectivity index is 2.30. The van der Waals surface area contributed by atoms with E-state index in [1.807, 2.05) is 18.2 Å². The second kappa shape index (κ2) is 6.70. The van der Waals surface area contributed by atoms with Crippen LogP contribution in [0.1, 0.15) is 21.5 Å². The summed E-state index contributed by atoms with van der Waals surface area (Å²) in [7, 11) is 0. The lowest BCUT2D eigenvalue weighted by Gasteiger charge is -2.08. The highest BCUT2D eigenvalue weighted by atomic mass is 127. The molecule has 0 aliphatic rings. The minimum atomic E-state index is -0.283. The van der Waals surface area contributed by atoms with Crippen LogP contribution in [0.2, 0.25) is 0 Å². The van der Waals surface area contributed by atoms with Crippen molar-refractivity contribution in [2.24, 2.45) is 0 Å². The third-order valence-corrected chi connectivity index (χ3v) is 4.05. The number of nitrogens with zero attached hydrogens (tertiary/aromatic N) is 2. The zero-order chi connectivity index (χ0) is 15.4. The van der Waals surface area contributed by atoms with Crippen LogP contribution in [0.25, 0.3) is 0 Å². The van der Waals surface area contributed by atoms with Gasteiger partial charge in [0.2, 0.25) is 0 Å². The molecule has 0 saturated carbocycles. The fourth-order valence-corrected chi connectivity index (χ4v) is 2.60. The van der Waals surface area contributed by atoms with E-state index in [1.165, 1.54) is 12.1 Å². The molecule has 0 saturated heterocycles. The molecule has 2 rings (SSSR count). The zero-order valence-electron chi connectivity index (χ0n) is 10.5.